The molecule has 10 heteroatoms. The lowest BCUT2D eigenvalue weighted by atomic mass is 10.2. The summed E-state index contributed by atoms with van der Waals surface area (Å²) < 4.78 is 12.8. The Labute approximate surface area is 193 Å². The van der Waals surface area contributed by atoms with Crippen LogP contribution in [0.2, 0.25) is 5.02 Å². The fourth-order valence-electron chi connectivity index (χ4n) is 3.15. The molecule has 0 radical (unpaired) electrons. The van der Waals surface area contributed by atoms with Crippen molar-refractivity contribution in [1.29, 1.82) is 0 Å². The predicted octanol–water partition coefficient (Wildman–Crippen LogP) is 5.23. The fourth-order valence-corrected chi connectivity index (χ4v) is 3.35. The van der Waals surface area contributed by atoms with Crippen LogP contribution < -0.4 is 10.1 Å². The molecule has 2 aromatic heterocycles. The molecule has 0 saturated heterocycles. The molecule has 4 aromatic rings. The molecule has 0 bridgehead atoms. The van der Waals surface area contributed by atoms with Crippen molar-refractivity contribution in [2.45, 2.75) is 20.1 Å². The number of hydrogen-bond acceptors (Lipinski definition) is 6. The monoisotopic (exact) mass is 466 g/mol. The predicted molar refractivity (Wildman–Crippen MR) is 122 cm³/mol. The first-order chi connectivity index (χ1) is 15.9. The number of aryl methyl sites for hydroxylation is 1. The standard InChI is InChI=1S/C23H19ClN4O5/c1-15-12-17(6-8-20(15)28(30)31)32-14-18-7-9-21(33-18)23(29)25-22-10-11-27(26-22)13-16-4-2-3-5-19(16)24/h2-12H,13-14H2,1H3,(H,25,26,29). The Morgan fingerprint density at radius 1 is 1.21 bits per heavy atom. The molecule has 0 spiro atoms. The highest BCUT2D eigenvalue weighted by Gasteiger charge is 2.15. The van der Waals surface area contributed by atoms with E-state index >= 15 is 0 Å². The first-order valence-electron chi connectivity index (χ1n) is 9.94. The number of halogens is 1. The van der Waals surface area contributed by atoms with Gasteiger partial charge in [0.2, 0.25) is 0 Å². The molecule has 4 rings (SSSR count). The second-order valence-electron chi connectivity index (χ2n) is 7.20. The number of rotatable bonds is 8. The van der Waals surface area contributed by atoms with E-state index in [4.69, 9.17) is 20.8 Å². The topological polar surface area (TPSA) is 112 Å². The number of anilines is 1. The van der Waals surface area contributed by atoms with Crippen molar-refractivity contribution in [3.05, 3.63) is 105 Å². The molecule has 168 valence electrons. The number of nitrogens with zero attached hydrogens (tertiary/aromatic N) is 3. The summed E-state index contributed by atoms with van der Waals surface area (Å²) in [5.41, 5.74) is 1.43. The number of nitro groups is 1. The van der Waals surface area contributed by atoms with Crippen molar-refractivity contribution in [3.8, 4) is 5.75 Å². The first kappa shape index (κ1) is 22.1. The third-order valence-electron chi connectivity index (χ3n) is 4.80. The Hall–Kier alpha value is -4.11. The number of amides is 1. The van der Waals surface area contributed by atoms with Crippen LogP contribution in [0, 0.1) is 17.0 Å². The second-order valence-corrected chi connectivity index (χ2v) is 7.61. The molecular weight excluding hydrogens is 448 g/mol. The van der Waals surface area contributed by atoms with Crippen molar-refractivity contribution in [3.63, 3.8) is 0 Å². The molecule has 0 aliphatic heterocycles. The van der Waals surface area contributed by atoms with E-state index in [1.54, 1.807) is 36.0 Å². The van der Waals surface area contributed by atoms with Crippen molar-refractivity contribution in [1.82, 2.24) is 9.78 Å². The molecule has 0 aliphatic carbocycles. The molecule has 0 fully saturated rings. The van der Waals surface area contributed by atoms with Gasteiger partial charge in [-0.2, -0.15) is 5.10 Å². The third kappa shape index (κ3) is 5.39. The molecular formula is C23H19ClN4O5. The van der Waals surface area contributed by atoms with E-state index in [1.165, 1.54) is 18.2 Å². The zero-order valence-electron chi connectivity index (χ0n) is 17.5. The van der Waals surface area contributed by atoms with Crippen molar-refractivity contribution in [2.24, 2.45) is 0 Å². The van der Waals surface area contributed by atoms with Crippen molar-refractivity contribution in [2.75, 3.05) is 5.32 Å². The summed E-state index contributed by atoms with van der Waals surface area (Å²) in [6.45, 7) is 2.17. The Bertz CT molecular complexity index is 1310. The summed E-state index contributed by atoms with van der Waals surface area (Å²) in [6.07, 6.45) is 1.74. The van der Waals surface area contributed by atoms with Crippen LogP contribution in [0.3, 0.4) is 0 Å². The van der Waals surface area contributed by atoms with E-state index in [0.29, 0.717) is 34.5 Å². The number of nitro benzene ring substituents is 1. The molecule has 33 heavy (non-hydrogen) atoms. The molecule has 1 amide bonds. The van der Waals surface area contributed by atoms with E-state index in [1.807, 2.05) is 24.3 Å². The fraction of sp³-hybridized carbons (Fsp3) is 0.130. The number of hydrogen-bond donors (Lipinski definition) is 1. The minimum atomic E-state index is -0.449. The van der Waals surface area contributed by atoms with Crippen LogP contribution in [-0.2, 0) is 13.2 Å². The van der Waals surface area contributed by atoms with Gasteiger partial charge in [0, 0.05) is 28.9 Å². The number of carbonyl (C=O) groups excluding carboxylic acids is 1. The average Bonchev–Trinajstić information content (AvgIpc) is 3.43. The van der Waals surface area contributed by atoms with E-state index < -0.39 is 10.8 Å². The quantitative estimate of drug-likeness (QED) is 0.281. The summed E-state index contributed by atoms with van der Waals surface area (Å²) >= 11 is 6.18. The molecule has 0 saturated carbocycles. The van der Waals surface area contributed by atoms with Crippen molar-refractivity contribution < 1.29 is 18.9 Å². The van der Waals surface area contributed by atoms with Crippen LogP contribution in [0.5, 0.6) is 5.75 Å². The zero-order chi connectivity index (χ0) is 23.4. The van der Waals surface area contributed by atoms with Gasteiger partial charge in [-0.3, -0.25) is 19.6 Å². The maximum Gasteiger partial charge on any atom is 0.292 e. The summed E-state index contributed by atoms with van der Waals surface area (Å²) in [4.78, 5) is 22.9. The molecule has 2 heterocycles. The molecule has 0 unspecified atom stereocenters. The number of nitrogens with one attached hydrogen (secondary N) is 1. The molecule has 0 aliphatic rings. The average molecular weight is 467 g/mol. The summed E-state index contributed by atoms with van der Waals surface area (Å²) in [5.74, 6) is 0.928. The Morgan fingerprint density at radius 2 is 2.03 bits per heavy atom. The van der Waals surface area contributed by atoms with E-state index in [0.717, 1.165) is 5.56 Å². The normalized spacial score (nSPS) is 10.7. The molecule has 2 aromatic carbocycles. The van der Waals surface area contributed by atoms with E-state index in [-0.39, 0.29) is 18.1 Å². The molecule has 0 atom stereocenters. The van der Waals surface area contributed by atoms with Gasteiger partial charge in [0.15, 0.2) is 11.6 Å². The van der Waals surface area contributed by atoms with Gasteiger partial charge in [0.05, 0.1) is 11.5 Å². The number of furan rings is 1. The van der Waals surface area contributed by atoms with Crippen LogP contribution in [-0.4, -0.2) is 20.6 Å². The van der Waals surface area contributed by atoms with Gasteiger partial charge in [-0.1, -0.05) is 29.8 Å². The molecule has 1 N–H and O–H groups in total. The van der Waals surface area contributed by atoms with E-state index in [2.05, 4.69) is 10.4 Å². The Balaban J connectivity index is 1.34. The summed E-state index contributed by atoms with van der Waals surface area (Å²) in [5, 5.41) is 18.6. The van der Waals surface area contributed by atoms with Gasteiger partial charge in [0.25, 0.3) is 11.6 Å². The second kappa shape index (κ2) is 9.58. The number of carbonyl (C=O) groups is 1. The summed E-state index contributed by atoms with van der Waals surface area (Å²) in [7, 11) is 0. The number of ether oxygens (including phenoxy) is 1. The first-order valence-corrected chi connectivity index (χ1v) is 10.3. The maximum absolute atomic E-state index is 12.5. The van der Waals surface area contributed by atoms with Gasteiger partial charge in [-0.05, 0) is 42.8 Å². The Kier molecular flexibility index (Phi) is 6.41. The van der Waals surface area contributed by atoms with Crippen LogP contribution >= 0.6 is 11.6 Å². The number of aromatic nitrogens is 2. The highest BCUT2D eigenvalue weighted by atomic mass is 35.5. The minimum absolute atomic E-state index is 0.0219. The van der Waals surface area contributed by atoms with Crippen LogP contribution in [0.15, 0.2) is 71.3 Å². The number of benzene rings is 2. The largest absolute Gasteiger partial charge is 0.486 e. The SMILES string of the molecule is Cc1cc(OCc2ccc(C(=O)Nc3ccn(Cc4ccccc4Cl)n3)o2)ccc1[N+](=O)[O-]. The zero-order valence-corrected chi connectivity index (χ0v) is 18.3. The minimum Gasteiger partial charge on any atom is -0.486 e. The smallest absolute Gasteiger partial charge is 0.292 e. The van der Waals surface area contributed by atoms with Crippen LogP contribution in [0.25, 0.3) is 0 Å². The lowest BCUT2D eigenvalue weighted by Crippen LogP contribution is -2.12. The van der Waals surface area contributed by atoms with Crippen LogP contribution in [0.4, 0.5) is 11.5 Å². The van der Waals surface area contributed by atoms with Gasteiger partial charge >= 0.3 is 0 Å². The third-order valence-corrected chi connectivity index (χ3v) is 5.17. The lowest BCUT2D eigenvalue weighted by molar-refractivity contribution is -0.385. The van der Waals surface area contributed by atoms with Gasteiger partial charge in [0.1, 0.15) is 18.1 Å². The van der Waals surface area contributed by atoms with Gasteiger partial charge in [-0.25, -0.2) is 0 Å². The van der Waals surface area contributed by atoms with Crippen molar-refractivity contribution >= 4 is 29.0 Å². The van der Waals surface area contributed by atoms with Gasteiger partial charge in [-0.15, -0.1) is 0 Å². The molecule has 9 nitrogen and oxygen atoms in total. The lowest BCUT2D eigenvalue weighted by Gasteiger charge is -2.05. The highest BCUT2D eigenvalue weighted by molar-refractivity contribution is 6.31. The van der Waals surface area contributed by atoms with Crippen LogP contribution in [0.1, 0.15) is 27.4 Å². The van der Waals surface area contributed by atoms with Gasteiger partial charge < -0.3 is 14.5 Å². The Morgan fingerprint density at radius 3 is 2.79 bits per heavy atom. The highest BCUT2D eigenvalue weighted by Crippen LogP contribution is 2.24. The maximum atomic E-state index is 12.5. The summed E-state index contributed by atoms with van der Waals surface area (Å²) in [6, 6.07) is 16.8. The van der Waals surface area contributed by atoms with E-state index in [9.17, 15) is 14.9 Å².